The molecule has 0 aliphatic carbocycles. The number of likely N-dealkylation sites (tertiary alicyclic amines) is 1. The fraction of sp³-hybridized carbons (Fsp3) is 0.304. The second kappa shape index (κ2) is 7.74. The summed E-state index contributed by atoms with van der Waals surface area (Å²) in [6.07, 6.45) is -0.0223. The van der Waals surface area contributed by atoms with Crippen molar-refractivity contribution in [3.8, 4) is 17.2 Å². The van der Waals surface area contributed by atoms with Crippen LogP contribution in [0.5, 0.6) is 17.2 Å². The molecule has 4 rings (SSSR count). The molecule has 2 aromatic rings. The van der Waals surface area contributed by atoms with Crippen LogP contribution < -0.4 is 14.2 Å². The van der Waals surface area contributed by atoms with Crippen LogP contribution >= 0.6 is 0 Å². The van der Waals surface area contributed by atoms with Crippen LogP contribution in [0.3, 0.4) is 0 Å². The number of nitrogens with zero attached hydrogens (tertiary/aromatic N) is 1. The van der Waals surface area contributed by atoms with Crippen LogP contribution in [0.15, 0.2) is 48.0 Å². The summed E-state index contributed by atoms with van der Waals surface area (Å²) in [5, 5.41) is 11.0. The van der Waals surface area contributed by atoms with Crippen molar-refractivity contribution >= 4 is 17.4 Å². The number of aliphatic hydroxyl groups is 1. The summed E-state index contributed by atoms with van der Waals surface area (Å²) < 4.78 is 16.8. The number of amides is 1. The Kier molecular flexibility index (Phi) is 5.11. The van der Waals surface area contributed by atoms with E-state index in [1.54, 1.807) is 43.4 Å². The lowest BCUT2D eigenvalue weighted by molar-refractivity contribution is -0.139. The summed E-state index contributed by atoms with van der Waals surface area (Å²) in [6.45, 7) is 4.69. The third kappa shape index (κ3) is 3.47. The Bertz CT molecular complexity index is 1040. The van der Waals surface area contributed by atoms with Crippen LogP contribution in [-0.2, 0) is 9.59 Å². The normalized spacial score (nSPS) is 20.0. The number of aliphatic hydroxyl groups excluding tert-OH is 1. The lowest BCUT2D eigenvalue weighted by Crippen LogP contribution is -2.24. The highest BCUT2D eigenvalue weighted by atomic mass is 16.6. The van der Waals surface area contributed by atoms with Crippen LogP contribution in [0.1, 0.15) is 31.0 Å². The SMILES string of the molecule is CC(C)Oc1cccc(C2/C(=C(\O)c3ccc4c(c3)OCCO4)C(=O)C(=O)N2C)c1. The highest BCUT2D eigenvalue weighted by molar-refractivity contribution is 6.46. The third-order valence-electron chi connectivity index (χ3n) is 5.04. The Labute approximate surface area is 174 Å². The first-order valence-corrected chi connectivity index (χ1v) is 9.78. The number of carbonyl (C=O) groups is 2. The second-order valence-corrected chi connectivity index (χ2v) is 7.51. The predicted molar refractivity (Wildman–Crippen MR) is 110 cm³/mol. The van der Waals surface area contributed by atoms with Gasteiger partial charge < -0.3 is 24.2 Å². The van der Waals surface area contributed by atoms with Crippen molar-refractivity contribution in [1.82, 2.24) is 4.90 Å². The van der Waals surface area contributed by atoms with Crippen molar-refractivity contribution in [3.05, 3.63) is 59.2 Å². The van der Waals surface area contributed by atoms with Crippen LogP contribution in [0, 0.1) is 0 Å². The topological polar surface area (TPSA) is 85.3 Å². The molecule has 1 saturated heterocycles. The molecule has 7 nitrogen and oxygen atoms in total. The molecule has 1 atom stereocenters. The van der Waals surface area contributed by atoms with Gasteiger partial charge in [-0.15, -0.1) is 0 Å². The minimum atomic E-state index is -0.731. The number of Topliss-reactive ketones (excluding diaryl/α,β-unsaturated/α-hetero) is 1. The molecule has 2 aromatic carbocycles. The number of hydrogen-bond acceptors (Lipinski definition) is 6. The first kappa shape index (κ1) is 19.8. The Balaban J connectivity index is 1.80. The van der Waals surface area contributed by atoms with Gasteiger partial charge in [-0.25, -0.2) is 0 Å². The number of ether oxygens (including phenoxy) is 3. The van der Waals surface area contributed by atoms with Crippen molar-refractivity contribution in [2.45, 2.75) is 26.0 Å². The van der Waals surface area contributed by atoms with Crippen molar-refractivity contribution in [2.75, 3.05) is 20.3 Å². The Hall–Kier alpha value is -3.48. The van der Waals surface area contributed by atoms with E-state index in [0.29, 0.717) is 41.6 Å². The lowest BCUT2D eigenvalue weighted by atomic mass is 9.95. The molecule has 0 spiro atoms. The van der Waals surface area contributed by atoms with E-state index in [-0.39, 0.29) is 17.4 Å². The van der Waals surface area contributed by atoms with Crippen molar-refractivity contribution in [2.24, 2.45) is 0 Å². The molecule has 1 amide bonds. The maximum atomic E-state index is 12.8. The number of fused-ring (bicyclic) bond motifs is 1. The first-order valence-electron chi connectivity index (χ1n) is 9.78. The fourth-order valence-electron chi connectivity index (χ4n) is 3.71. The summed E-state index contributed by atoms with van der Waals surface area (Å²) in [4.78, 5) is 26.6. The molecule has 1 unspecified atom stereocenters. The predicted octanol–water partition coefficient (Wildman–Crippen LogP) is 3.30. The molecule has 7 heteroatoms. The number of ketones is 1. The van der Waals surface area contributed by atoms with E-state index < -0.39 is 17.7 Å². The maximum Gasteiger partial charge on any atom is 0.295 e. The van der Waals surface area contributed by atoms with E-state index in [1.165, 1.54) is 4.90 Å². The van der Waals surface area contributed by atoms with Gasteiger partial charge in [0, 0.05) is 12.6 Å². The smallest absolute Gasteiger partial charge is 0.295 e. The van der Waals surface area contributed by atoms with E-state index in [9.17, 15) is 14.7 Å². The molecular weight excluding hydrogens is 386 g/mol. The van der Waals surface area contributed by atoms with Crippen LogP contribution in [0.2, 0.25) is 0 Å². The highest BCUT2D eigenvalue weighted by Gasteiger charge is 2.44. The molecule has 1 N–H and O–H groups in total. The average Bonchev–Trinajstić information content (AvgIpc) is 2.96. The number of likely N-dealkylation sites (N-methyl/N-ethyl adjacent to an activating group) is 1. The zero-order valence-electron chi connectivity index (χ0n) is 17.0. The molecule has 0 bridgehead atoms. The van der Waals surface area contributed by atoms with Crippen LogP contribution in [-0.4, -0.2) is 48.1 Å². The Morgan fingerprint density at radius 1 is 1.10 bits per heavy atom. The molecular formula is C23H23NO6. The van der Waals surface area contributed by atoms with E-state index in [1.807, 2.05) is 19.9 Å². The minimum absolute atomic E-state index is 0.0223. The van der Waals surface area contributed by atoms with Gasteiger partial charge in [0.15, 0.2) is 11.5 Å². The summed E-state index contributed by atoms with van der Waals surface area (Å²) in [5.74, 6) is 0.0267. The van der Waals surface area contributed by atoms with Gasteiger partial charge >= 0.3 is 0 Å². The number of hydrogen-bond donors (Lipinski definition) is 1. The largest absolute Gasteiger partial charge is 0.507 e. The molecule has 30 heavy (non-hydrogen) atoms. The van der Waals surface area contributed by atoms with Gasteiger partial charge in [0.2, 0.25) is 0 Å². The monoisotopic (exact) mass is 409 g/mol. The zero-order chi connectivity index (χ0) is 21.4. The van der Waals surface area contributed by atoms with Gasteiger partial charge in [-0.05, 0) is 49.7 Å². The Morgan fingerprint density at radius 3 is 2.57 bits per heavy atom. The van der Waals surface area contributed by atoms with Gasteiger partial charge in [0.1, 0.15) is 24.7 Å². The lowest BCUT2D eigenvalue weighted by Gasteiger charge is -2.22. The number of benzene rings is 2. The summed E-state index contributed by atoms with van der Waals surface area (Å²) in [5.41, 5.74) is 1.08. The first-order chi connectivity index (χ1) is 14.4. The zero-order valence-corrected chi connectivity index (χ0v) is 17.0. The van der Waals surface area contributed by atoms with Gasteiger partial charge in [-0.2, -0.15) is 0 Å². The van der Waals surface area contributed by atoms with E-state index in [2.05, 4.69) is 0 Å². The molecule has 0 saturated carbocycles. The van der Waals surface area contributed by atoms with E-state index >= 15 is 0 Å². The molecule has 2 aliphatic heterocycles. The molecule has 0 radical (unpaired) electrons. The maximum absolute atomic E-state index is 12.8. The fourth-order valence-corrected chi connectivity index (χ4v) is 3.71. The molecule has 0 aromatic heterocycles. The second-order valence-electron chi connectivity index (χ2n) is 7.51. The summed E-state index contributed by atoms with van der Waals surface area (Å²) in [7, 11) is 1.55. The van der Waals surface area contributed by atoms with Crippen LogP contribution in [0.25, 0.3) is 5.76 Å². The summed E-state index contributed by atoms with van der Waals surface area (Å²) in [6, 6.07) is 11.4. The van der Waals surface area contributed by atoms with Crippen molar-refractivity contribution in [1.29, 1.82) is 0 Å². The van der Waals surface area contributed by atoms with E-state index in [4.69, 9.17) is 14.2 Å². The van der Waals surface area contributed by atoms with Crippen molar-refractivity contribution in [3.63, 3.8) is 0 Å². The molecule has 1 fully saturated rings. The molecule has 2 aliphatic rings. The third-order valence-corrected chi connectivity index (χ3v) is 5.04. The highest BCUT2D eigenvalue weighted by Crippen LogP contribution is 2.41. The molecule has 2 heterocycles. The van der Waals surface area contributed by atoms with Gasteiger partial charge in [-0.1, -0.05) is 12.1 Å². The summed E-state index contributed by atoms with van der Waals surface area (Å²) >= 11 is 0. The standard InChI is InChI=1S/C23H23NO6/c1-13(2)30-16-6-4-5-14(11-16)20-19(22(26)23(27)24(20)3)21(25)15-7-8-17-18(12-15)29-10-9-28-17/h4-8,11-13,20,25H,9-10H2,1-3H3/b21-19+. The van der Waals surface area contributed by atoms with Crippen LogP contribution in [0.4, 0.5) is 0 Å². The van der Waals surface area contributed by atoms with Gasteiger partial charge in [0.05, 0.1) is 17.7 Å². The average molecular weight is 409 g/mol. The quantitative estimate of drug-likeness (QED) is 0.474. The number of rotatable bonds is 4. The number of carbonyl (C=O) groups excluding carboxylic acids is 2. The van der Waals surface area contributed by atoms with E-state index in [0.717, 1.165) is 0 Å². The minimum Gasteiger partial charge on any atom is -0.507 e. The van der Waals surface area contributed by atoms with Crippen molar-refractivity contribution < 1.29 is 28.9 Å². The molecule has 156 valence electrons. The van der Waals surface area contributed by atoms with Gasteiger partial charge in [-0.3, -0.25) is 9.59 Å². The Morgan fingerprint density at radius 2 is 1.83 bits per heavy atom. The van der Waals surface area contributed by atoms with Gasteiger partial charge in [0.25, 0.3) is 11.7 Å².